The van der Waals surface area contributed by atoms with Gasteiger partial charge in [0.25, 0.3) is 5.91 Å². The molecule has 1 N–H and O–H groups in total. The van der Waals surface area contributed by atoms with Gasteiger partial charge < -0.3 is 19.8 Å². The quantitative estimate of drug-likeness (QED) is 0.862. The molecular weight excluding hydrogens is 361 g/mol. The van der Waals surface area contributed by atoms with E-state index in [1.807, 2.05) is 12.1 Å². The van der Waals surface area contributed by atoms with Crippen LogP contribution < -0.4 is 10.2 Å². The number of hydrogen-bond acceptors (Lipinski definition) is 5. The third-order valence-electron chi connectivity index (χ3n) is 4.90. The van der Waals surface area contributed by atoms with Crippen LogP contribution in [0.15, 0.2) is 53.7 Å². The van der Waals surface area contributed by atoms with Gasteiger partial charge in [0.2, 0.25) is 6.10 Å². The van der Waals surface area contributed by atoms with Crippen LogP contribution >= 0.6 is 0 Å². The average Bonchev–Trinajstić information content (AvgIpc) is 3.24. The molecule has 2 heterocycles. The van der Waals surface area contributed by atoms with Crippen molar-refractivity contribution in [3.63, 3.8) is 0 Å². The van der Waals surface area contributed by atoms with E-state index in [2.05, 4.69) is 27.5 Å². The molecule has 0 aromatic heterocycles. The number of morpholine rings is 1. The summed E-state index contributed by atoms with van der Waals surface area (Å²) < 4.78 is 18.7. The first-order chi connectivity index (χ1) is 13.7. The van der Waals surface area contributed by atoms with Crippen molar-refractivity contribution in [2.24, 2.45) is 5.16 Å². The van der Waals surface area contributed by atoms with Gasteiger partial charge in [-0.25, -0.2) is 4.39 Å². The van der Waals surface area contributed by atoms with E-state index in [-0.39, 0.29) is 11.7 Å². The molecule has 1 fully saturated rings. The van der Waals surface area contributed by atoms with E-state index in [4.69, 9.17) is 9.57 Å². The maximum atomic E-state index is 13.3. The number of nitrogens with one attached hydrogen (secondary N) is 1. The molecule has 0 spiro atoms. The summed E-state index contributed by atoms with van der Waals surface area (Å²) in [5, 5.41) is 6.82. The third-order valence-corrected chi connectivity index (χ3v) is 4.90. The molecule has 0 unspecified atom stereocenters. The number of anilines is 1. The molecule has 1 amide bonds. The molecule has 7 heteroatoms. The normalized spacial score (nSPS) is 19.1. The summed E-state index contributed by atoms with van der Waals surface area (Å²) in [6.07, 6.45) is -0.364. The summed E-state index contributed by atoms with van der Waals surface area (Å²) >= 11 is 0. The van der Waals surface area contributed by atoms with Gasteiger partial charge in [0.15, 0.2) is 0 Å². The van der Waals surface area contributed by atoms with Crippen LogP contribution in [0.25, 0.3) is 0 Å². The fraction of sp³-hybridized carbons (Fsp3) is 0.333. The van der Waals surface area contributed by atoms with Gasteiger partial charge >= 0.3 is 0 Å². The van der Waals surface area contributed by atoms with E-state index in [0.29, 0.717) is 24.2 Å². The standard InChI is InChI=1S/C21H22FN3O3/c22-17-3-1-2-16(12-17)19-13-20(28-24-19)21(26)23-14-15-4-6-18(7-5-15)25-8-10-27-11-9-25/h1-7,12,20H,8-11,13-14H2,(H,23,26)/t20-/m1/s1. The molecule has 0 bridgehead atoms. The molecule has 28 heavy (non-hydrogen) atoms. The summed E-state index contributed by atoms with van der Waals surface area (Å²) in [5.41, 5.74) is 3.38. The zero-order chi connectivity index (χ0) is 19.3. The van der Waals surface area contributed by atoms with E-state index in [0.717, 1.165) is 37.6 Å². The van der Waals surface area contributed by atoms with Crippen LogP contribution in [0, 0.1) is 5.82 Å². The van der Waals surface area contributed by atoms with Crippen molar-refractivity contribution in [2.75, 3.05) is 31.2 Å². The number of carbonyl (C=O) groups excluding carboxylic acids is 1. The molecular formula is C21H22FN3O3. The second-order valence-corrected chi connectivity index (χ2v) is 6.83. The molecule has 6 nitrogen and oxygen atoms in total. The fourth-order valence-electron chi connectivity index (χ4n) is 3.31. The largest absolute Gasteiger partial charge is 0.382 e. The van der Waals surface area contributed by atoms with Gasteiger partial charge in [-0.1, -0.05) is 29.4 Å². The first-order valence-electron chi connectivity index (χ1n) is 9.37. The van der Waals surface area contributed by atoms with Gasteiger partial charge in [-0.3, -0.25) is 4.79 Å². The number of ether oxygens (including phenoxy) is 1. The highest BCUT2D eigenvalue weighted by Crippen LogP contribution is 2.19. The van der Waals surface area contributed by atoms with Crippen LogP contribution in [0.1, 0.15) is 17.5 Å². The molecule has 2 aromatic rings. The predicted octanol–water partition coefficient (Wildman–Crippen LogP) is 2.47. The Hall–Kier alpha value is -2.93. The number of amides is 1. The number of oxime groups is 1. The SMILES string of the molecule is O=C(NCc1ccc(N2CCOCC2)cc1)[C@H]1CC(c2cccc(F)c2)=NO1. The molecule has 2 aliphatic rings. The minimum atomic E-state index is -0.689. The lowest BCUT2D eigenvalue weighted by atomic mass is 10.0. The van der Waals surface area contributed by atoms with Gasteiger partial charge in [-0.05, 0) is 29.8 Å². The predicted molar refractivity (Wildman–Crippen MR) is 104 cm³/mol. The highest BCUT2D eigenvalue weighted by atomic mass is 19.1. The minimum Gasteiger partial charge on any atom is -0.382 e. The fourth-order valence-corrected chi connectivity index (χ4v) is 3.31. The summed E-state index contributed by atoms with van der Waals surface area (Å²) in [6.45, 7) is 3.70. The number of rotatable bonds is 5. The van der Waals surface area contributed by atoms with Gasteiger partial charge in [-0.15, -0.1) is 0 Å². The Morgan fingerprint density at radius 3 is 2.71 bits per heavy atom. The second kappa shape index (κ2) is 8.39. The van der Waals surface area contributed by atoms with Crippen LogP contribution in [0.4, 0.5) is 10.1 Å². The lowest BCUT2D eigenvalue weighted by Gasteiger charge is -2.28. The maximum absolute atomic E-state index is 13.3. The molecule has 4 rings (SSSR count). The second-order valence-electron chi connectivity index (χ2n) is 6.83. The Labute approximate surface area is 162 Å². The van der Waals surface area contributed by atoms with Crippen LogP contribution in [0.5, 0.6) is 0 Å². The van der Waals surface area contributed by atoms with Crippen molar-refractivity contribution in [1.82, 2.24) is 5.32 Å². The highest BCUT2D eigenvalue weighted by molar-refractivity contribution is 6.04. The summed E-state index contributed by atoms with van der Waals surface area (Å²) in [5.74, 6) is -0.568. The molecule has 0 aliphatic carbocycles. The molecule has 2 aromatic carbocycles. The molecule has 1 saturated heterocycles. The molecule has 1 atom stereocenters. The summed E-state index contributed by atoms with van der Waals surface area (Å²) in [4.78, 5) is 19.9. The van der Waals surface area contributed by atoms with E-state index in [9.17, 15) is 9.18 Å². The third kappa shape index (κ3) is 4.31. The van der Waals surface area contributed by atoms with Crippen molar-refractivity contribution in [3.8, 4) is 0 Å². The van der Waals surface area contributed by atoms with Crippen molar-refractivity contribution in [2.45, 2.75) is 19.1 Å². The van der Waals surface area contributed by atoms with Gasteiger partial charge in [0, 0.05) is 37.3 Å². The van der Waals surface area contributed by atoms with Crippen molar-refractivity contribution >= 4 is 17.3 Å². The van der Waals surface area contributed by atoms with Gasteiger partial charge in [-0.2, -0.15) is 0 Å². The molecule has 2 aliphatic heterocycles. The first kappa shape index (κ1) is 18.4. The number of benzene rings is 2. The Kier molecular flexibility index (Phi) is 5.53. The van der Waals surface area contributed by atoms with E-state index in [1.165, 1.54) is 12.1 Å². The topological polar surface area (TPSA) is 63.2 Å². The summed E-state index contributed by atoms with van der Waals surface area (Å²) in [6, 6.07) is 14.3. The van der Waals surface area contributed by atoms with Crippen LogP contribution in [-0.2, 0) is 20.9 Å². The van der Waals surface area contributed by atoms with E-state index in [1.54, 1.807) is 12.1 Å². The number of carbonyl (C=O) groups is 1. The average molecular weight is 383 g/mol. The van der Waals surface area contributed by atoms with E-state index >= 15 is 0 Å². The van der Waals surface area contributed by atoms with E-state index < -0.39 is 6.10 Å². The Bertz CT molecular complexity index is 863. The van der Waals surface area contributed by atoms with Crippen molar-refractivity contribution < 1.29 is 18.8 Å². The molecule has 146 valence electrons. The Balaban J connectivity index is 1.28. The zero-order valence-electron chi connectivity index (χ0n) is 15.4. The zero-order valence-corrected chi connectivity index (χ0v) is 15.4. The van der Waals surface area contributed by atoms with Crippen LogP contribution in [0.3, 0.4) is 0 Å². The van der Waals surface area contributed by atoms with Gasteiger partial charge in [0.05, 0.1) is 18.9 Å². The monoisotopic (exact) mass is 383 g/mol. The lowest BCUT2D eigenvalue weighted by molar-refractivity contribution is -0.131. The maximum Gasteiger partial charge on any atom is 0.264 e. The summed E-state index contributed by atoms with van der Waals surface area (Å²) in [7, 11) is 0. The lowest BCUT2D eigenvalue weighted by Crippen LogP contribution is -2.36. The molecule has 0 saturated carbocycles. The van der Waals surface area contributed by atoms with Crippen LogP contribution in [-0.4, -0.2) is 44.0 Å². The Morgan fingerprint density at radius 2 is 1.96 bits per heavy atom. The minimum absolute atomic E-state index is 0.229. The highest BCUT2D eigenvalue weighted by Gasteiger charge is 2.28. The number of halogens is 1. The van der Waals surface area contributed by atoms with Crippen molar-refractivity contribution in [1.29, 1.82) is 0 Å². The van der Waals surface area contributed by atoms with Crippen molar-refractivity contribution in [3.05, 3.63) is 65.5 Å². The smallest absolute Gasteiger partial charge is 0.264 e. The van der Waals surface area contributed by atoms with Crippen LogP contribution in [0.2, 0.25) is 0 Å². The Morgan fingerprint density at radius 1 is 1.18 bits per heavy atom. The number of hydrogen-bond donors (Lipinski definition) is 1. The number of nitrogens with zero attached hydrogens (tertiary/aromatic N) is 2. The van der Waals surface area contributed by atoms with Gasteiger partial charge in [0.1, 0.15) is 5.82 Å². The first-order valence-corrected chi connectivity index (χ1v) is 9.37. The molecule has 0 radical (unpaired) electrons.